The topological polar surface area (TPSA) is 9.23 Å². The van der Waals surface area contributed by atoms with E-state index in [1.165, 1.54) is 38.5 Å². The molecule has 1 atom stereocenters. The van der Waals surface area contributed by atoms with Gasteiger partial charge in [-0.25, -0.2) is 0 Å². The smallest absolute Gasteiger partial charge is 0.0598 e. The fourth-order valence-corrected chi connectivity index (χ4v) is 2.03. The van der Waals surface area contributed by atoms with Gasteiger partial charge in [0.05, 0.1) is 6.10 Å². The third-order valence-corrected chi connectivity index (χ3v) is 3.51. The number of rotatable bonds is 2. The Hall–Kier alpha value is -0.0400. The summed E-state index contributed by atoms with van der Waals surface area (Å²) in [5.41, 5.74) is 0. The van der Waals surface area contributed by atoms with Gasteiger partial charge in [-0.1, -0.05) is 46.5 Å². The molecule has 0 N–H and O–H groups in total. The lowest BCUT2D eigenvalue weighted by atomic mass is 9.84. The van der Waals surface area contributed by atoms with Gasteiger partial charge in [0.25, 0.3) is 0 Å². The Labute approximate surface area is 89.2 Å². The molecule has 1 heteroatoms. The van der Waals surface area contributed by atoms with E-state index >= 15 is 0 Å². The summed E-state index contributed by atoms with van der Waals surface area (Å²) in [6.07, 6.45) is 9.04. The number of hydrogen-bond acceptors (Lipinski definition) is 1. The van der Waals surface area contributed by atoms with Crippen LogP contribution in [-0.4, -0.2) is 12.7 Å². The van der Waals surface area contributed by atoms with E-state index in [4.69, 9.17) is 4.74 Å². The highest BCUT2D eigenvalue weighted by Crippen LogP contribution is 2.28. The zero-order valence-electron chi connectivity index (χ0n) is 10.1. The molecule has 1 aliphatic heterocycles. The van der Waals surface area contributed by atoms with Gasteiger partial charge in [-0.2, -0.15) is 0 Å². The van der Waals surface area contributed by atoms with Gasteiger partial charge < -0.3 is 4.74 Å². The Bertz CT molecular complexity index is 129. The van der Waals surface area contributed by atoms with Crippen molar-refractivity contribution in [2.75, 3.05) is 6.61 Å². The highest BCUT2D eigenvalue weighted by Gasteiger charge is 2.17. The summed E-state index contributed by atoms with van der Waals surface area (Å²) in [4.78, 5) is 0. The molecule has 1 unspecified atom stereocenters. The van der Waals surface area contributed by atoms with Crippen molar-refractivity contribution in [1.29, 1.82) is 0 Å². The summed E-state index contributed by atoms with van der Waals surface area (Å²) < 4.78 is 5.41. The van der Waals surface area contributed by atoms with Crippen molar-refractivity contribution in [3.63, 3.8) is 0 Å². The van der Waals surface area contributed by atoms with Crippen molar-refractivity contribution in [1.82, 2.24) is 0 Å². The first-order valence-electron chi connectivity index (χ1n) is 6.35. The minimum absolute atomic E-state index is 0.565. The Kier molecular flexibility index (Phi) is 5.54. The molecule has 0 spiro atoms. The van der Waals surface area contributed by atoms with Crippen LogP contribution in [-0.2, 0) is 4.74 Å². The van der Waals surface area contributed by atoms with Crippen LogP contribution in [0.25, 0.3) is 0 Å². The van der Waals surface area contributed by atoms with Gasteiger partial charge in [-0.05, 0) is 24.7 Å². The summed E-state index contributed by atoms with van der Waals surface area (Å²) in [6.45, 7) is 7.71. The van der Waals surface area contributed by atoms with Crippen molar-refractivity contribution in [2.45, 2.75) is 65.4 Å². The maximum atomic E-state index is 5.41. The van der Waals surface area contributed by atoms with E-state index in [1.807, 2.05) is 0 Å². The molecule has 2 fully saturated rings. The average molecular weight is 198 g/mol. The molecule has 2 rings (SSSR count). The lowest BCUT2D eigenvalue weighted by Crippen LogP contribution is -2.12. The van der Waals surface area contributed by atoms with Crippen LogP contribution >= 0.6 is 0 Å². The minimum atomic E-state index is 0.565. The van der Waals surface area contributed by atoms with E-state index in [2.05, 4.69) is 20.8 Å². The van der Waals surface area contributed by atoms with E-state index in [-0.39, 0.29) is 0 Å². The molecule has 1 saturated heterocycles. The molecule has 0 aromatic rings. The molecule has 1 nitrogen and oxygen atoms in total. The largest absolute Gasteiger partial charge is 0.378 e. The van der Waals surface area contributed by atoms with Crippen LogP contribution in [0, 0.1) is 11.8 Å². The van der Waals surface area contributed by atoms with E-state index < -0.39 is 0 Å². The normalized spacial score (nSPS) is 27.0. The van der Waals surface area contributed by atoms with E-state index in [0.717, 1.165) is 18.4 Å². The monoisotopic (exact) mass is 198 g/mol. The van der Waals surface area contributed by atoms with E-state index in [1.54, 1.807) is 0 Å². The predicted molar refractivity (Wildman–Crippen MR) is 61.4 cm³/mol. The fourth-order valence-electron chi connectivity index (χ4n) is 2.03. The molecule has 0 aromatic carbocycles. The molecule has 0 radical (unpaired) electrons. The minimum Gasteiger partial charge on any atom is -0.378 e. The lowest BCUT2D eigenvalue weighted by molar-refractivity contribution is 0.0758. The SMILES string of the molecule is CC(C)C1CCCO1.CCC1CCC1. The Morgan fingerprint density at radius 1 is 1.14 bits per heavy atom. The van der Waals surface area contributed by atoms with E-state index in [0.29, 0.717) is 6.10 Å². The van der Waals surface area contributed by atoms with Gasteiger partial charge in [-0.3, -0.25) is 0 Å². The van der Waals surface area contributed by atoms with Crippen LogP contribution in [0.5, 0.6) is 0 Å². The summed E-state index contributed by atoms with van der Waals surface area (Å²) in [7, 11) is 0. The van der Waals surface area contributed by atoms with Gasteiger partial charge in [0.1, 0.15) is 0 Å². The van der Waals surface area contributed by atoms with Crippen molar-refractivity contribution in [3.05, 3.63) is 0 Å². The van der Waals surface area contributed by atoms with Crippen LogP contribution in [0.4, 0.5) is 0 Å². The highest BCUT2D eigenvalue weighted by molar-refractivity contribution is 4.67. The molecular weight excluding hydrogens is 172 g/mol. The van der Waals surface area contributed by atoms with Crippen LogP contribution in [0.15, 0.2) is 0 Å². The summed E-state index contributed by atoms with van der Waals surface area (Å²) in [5, 5.41) is 0. The number of ether oxygens (including phenoxy) is 1. The molecule has 1 heterocycles. The summed E-state index contributed by atoms with van der Waals surface area (Å²) in [5.74, 6) is 1.84. The molecule has 0 bridgehead atoms. The highest BCUT2D eigenvalue weighted by atomic mass is 16.5. The molecule has 1 saturated carbocycles. The second-order valence-electron chi connectivity index (χ2n) is 5.00. The first kappa shape index (κ1) is 12.0. The first-order valence-corrected chi connectivity index (χ1v) is 6.35. The third-order valence-electron chi connectivity index (χ3n) is 3.51. The molecule has 0 aromatic heterocycles. The van der Waals surface area contributed by atoms with E-state index in [9.17, 15) is 0 Å². The molecular formula is C13H26O. The van der Waals surface area contributed by atoms with Gasteiger partial charge in [-0.15, -0.1) is 0 Å². The quantitative estimate of drug-likeness (QED) is 0.651. The molecule has 0 amide bonds. The maximum absolute atomic E-state index is 5.41. The average Bonchev–Trinajstić information content (AvgIpc) is 2.54. The van der Waals surface area contributed by atoms with Crippen LogP contribution in [0.1, 0.15) is 59.3 Å². The standard InChI is InChI=1S/C7H14O.C6H12/c1-6(2)7-4-3-5-8-7;1-2-6-4-3-5-6/h6-7H,3-5H2,1-2H3;6H,2-5H2,1H3. The first-order chi connectivity index (χ1) is 6.74. The van der Waals surface area contributed by atoms with Gasteiger partial charge in [0.15, 0.2) is 0 Å². The van der Waals surface area contributed by atoms with Crippen LogP contribution < -0.4 is 0 Å². The van der Waals surface area contributed by atoms with Crippen molar-refractivity contribution >= 4 is 0 Å². The van der Waals surface area contributed by atoms with Gasteiger partial charge in [0.2, 0.25) is 0 Å². The zero-order chi connectivity index (χ0) is 10.4. The van der Waals surface area contributed by atoms with Crippen molar-refractivity contribution in [3.8, 4) is 0 Å². The molecule has 1 aliphatic carbocycles. The number of hydrogen-bond donors (Lipinski definition) is 0. The molecule has 14 heavy (non-hydrogen) atoms. The Morgan fingerprint density at radius 2 is 1.86 bits per heavy atom. The Balaban J connectivity index is 0.000000146. The summed E-state index contributed by atoms with van der Waals surface area (Å²) >= 11 is 0. The second-order valence-corrected chi connectivity index (χ2v) is 5.00. The Morgan fingerprint density at radius 3 is 2.00 bits per heavy atom. The van der Waals surface area contributed by atoms with Crippen LogP contribution in [0.2, 0.25) is 0 Å². The molecule has 2 aliphatic rings. The lowest BCUT2D eigenvalue weighted by Gasteiger charge is -2.22. The molecule has 84 valence electrons. The maximum Gasteiger partial charge on any atom is 0.0598 e. The van der Waals surface area contributed by atoms with Crippen molar-refractivity contribution < 1.29 is 4.74 Å². The summed E-state index contributed by atoms with van der Waals surface area (Å²) in [6, 6.07) is 0. The van der Waals surface area contributed by atoms with Crippen molar-refractivity contribution in [2.24, 2.45) is 11.8 Å². The zero-order valence-corrected chi connectivity index (χ0v) is 10.1. The fraction of sp³-hybridized carbons (Fsp3) is 1.00. The predicted octanol–water partition coefficient (Wildman–Crippen LogP) is 4.02. The second kappa shape index (κ2) is 6.44. The van der Waals surface area contributed by atoms with Crippen LogP contribution in [0.3, 0.4) is 0 Å². The van der Waals surface area contributed by atoms with Gasteiger partial charge >= 0.3 is 0 Å². The van der Waals surface area contributed by atoms with Gasteiger partial charge in [0, 0.05) is 6.61 Å². The third kappa shape index (κ3) is 4.00.